The maximum absolute atomic E-state index is 11.8. The Bertz CT molecular complexity index is 686. The molecule has 0 unspecified atom stereocenters. The van der Waals surface area contributed by atoms with Crippen molar-refractivity contribution in [2.45, 2.75) is 13.3 Å². The largest absolute Gasteiger partial charge is 0.338 e. The molecule has 0 atom stereocenters. The van der Waals surface area contributed by atoms with Gasteiger partial charge in [-0.15, -0.1) is 0 Å². The van der Waals surface area contributed by atoms with Gasteiger partial charge in [0, 0.05) is 29.3 Å². The van der Waals surface area contributed by atoms with Gasteiger partial charge in [-0.05, 0) is 42.3 Å². The van der Waals surface area contributed by atoms with Gasteiger partial charge in [-0.25, -0.2) is 4.79 Å². The first-order valence-electron chi connectivity index (χ1n) is 7.20. The molecule has 3 N–H and O–H groups in total. The van der Waals surface area contributed by atoms with Gasteiger partial charge < -0.3 is 16.0 Å². The summed E-state index contributed by atoms with van der Waals surface area (Å²) in [6.45, 7) is 1.99. The Kier molecular flexibility index (Phi) is 6.17. The van der Waals surface area contributed by atoms with E-state index in [9.17, 15) is 9.59 Å². The van der Waals surface area contributed by atoms with Crippen LogP contribution in [0.15, 0.2) is 53.0 Å². The van der Waals surface area contributed by atoms with Crippen LogP contribution >= 0.6 is 15.9 Å². The lowest BCUT2D eigenvalue weighted by Crippen LogP contribution is -2.30. The molecule has 0 aliphatic carbocycles. The van der Waals surface area contributed by atoms with Crippen molar-refractivity contribution in [3.63, 3.8) is 0 Å². The highest BCUT2D eigenvalue weighted by Gasteiger charge is 2.03. The number of nitrogens with one attached hydrogen (secondary N) is 3. The Morgan fingerprint density at radius 2 is 1.57 bits per heavy atom. The molecule has 0 radical (unpaired) electrons. The van der Waals surface area contributed by atoms with Gasteiger partial charge in [-0.3, -0.25) is 4.79 Å². The minimum Gasteiger partial charge on any atom is -0.338 e. The summed E-state index contributed by atoms with van der Waals surface area (Å²) < 4.78 is 1.04. The second-order valence-electron chi connectivity index (χ2n) is 4.98. The topological polar surface area (TPSA) is 70.2 Å². The molecule has 2 rings (SSSR count). The molecule has 0 saturated carbocycles. The van der Waals surface area contributed by atoms with E-state index in [4.69, 9.17) is 0 Å². The molecule has 0 aromatic heterocycles. The molecular weight excluding hydrogens is 358 g/mol. The number of rotatable bonds is 5. The zero-order valence-corrected chi connectivity index (χ0v) is 14.3. The Morgan fingerprint density at radius 3 is 2.17 bits per heavy atom. The lowest BCUT2D eigenvalue weighted by molar-refractivity contribution is -0.114. The first-order chi connectivity index (χ1) is 11.0. The number of anilines is 2. The van der Waals surface area contributed by atoms with E-state index in [1.165, 1.54) is 6.92 Å². The lowest BCUT2D eigenvalue weighted by atomic mass is 10.1. The monoisotopic (exact) mass is 375 g/mol. The molecule has 0 fully saturated rings. The number of urea groups is 1. The molecule has 0 saturated heterocycles. The van der Waals surface area contributed by atoms with Crippen LogP contribution in [0, 0.1) is 0 Å². The number of hydrogen-bond acceptors (Lipinski definition) is 2. The summed E-state index contributed by atoms with van der Waals surface area (Å²) in [5, 5.41) is 8.23. The normalized spacial score (nSPS) is 10.0. The van der Waals surface area contributed by atoms with Crippen LogP contribution < -0.4 is 16.0 Å². The third kappa shape index (κ3) is 5.75. The zero-order chi connectivity index (χ0) is 16.7. The Hall–Kier alpha value is -2.34. The number of hydrogen-bond donors (Lipinski definition) is 3. The second kappa shape index (κ2) is 8.33. The summed E-state index contributed by atoms with van der Waals surface area (Å²) >= 11 is 3.48. The first-order valence-corrected chi connectivity index (χ1v) is 8.00. The summed E-state index contributed by atoms with van der Waals surface area (Å²) in [4.78, 5) is 22.8. The van der Waals surface area contributed by atoms with Gasteiger partial charge in [0.1, 0.15) is 0 Å². The van der Waals surface area contributed by atoms with E-state index >= 15 is 0 Å². The standard InChI is InChI=1S/C17H18BrN3O2/c1-12(22)20-14-6-8-15(9-7-14)21-17(23)19-11-10-13-4-2-3-5-16(13)18/h2-9H,10-11H2,1H3,(H,20,22)(H2,19,21,23). The minimum absolute atomic E-state index is 0.129. The van der Waals surface area contributed by atoms with Gasteiger partial charge in [-0.1, -0.05) is 34.1 Å². The van der Waals surface area contributed by atoms with E-state index in [0.29, 0.717) is 17.9 Å². The highest BCUT2D eigenvalue weighted by Crippen LogP contribution is 2.16. The lowest BCUT2D eigenvalue weighted by Gasteiger charge is -2.09. The molecule has 0 bridgehead atoms. The van der Waals surface area contributed by atoms with Crippen molar-refractivity contribution in [1.29, 1.82) is 0 Å². The maximum Gasteiger partial charge on any atom is 0.319 e. The van der Waals surface area contributed by atoms with Gasteiger partial charge in [0.05, 0.1) is 0 Å². The van der Waals surface area contributed by atoms with Crippen LogP contribution in [0.3, 0.4) is 0 Å². The van der Waals surface area contributed by atoms with Crippen molar-refractivity contribution >= 4 is 39.2 Å². The van der Waals surface area contributed by atoms with E-state index in [0.717, 1.165) is 16.5 Å². The predicted molar refractivity (Wildman–Crippen MR) is 95.6 cm³/mol. The second-order valence-corrected chi connectivity index (χ2v) is 5.84. The average Bonchev–Trinajstić information content (AvgIpc) is 2.51. The van der Waals surface area contributed by atoms with Crippen molar-refractivity contribution < 1.29 is 9.59 Å². The van der Waals surface area contributed by atoms with E-state index < -0.39 is 0 Å². The molecule has 2 aromatic rings. The number of benzene rings is 2. The van der Waals surface area contributed by atoms with Gasteiger partial charge in [-0.2, -0.15) is 0 Å². The van der Waals surface area contributed by atoms with E-state index in [2.05, 4.69) is 31.9 Å². The smallest absolute Gasteiger partial charge is 0.319 e. The molecule has 0 aliphatic heterocycles. The highest BCUT2D eigenvalue weighted by atomic mass is 79.9. The van der Waals surface area contributed by atoms with Crippen molar-refractivity contribution in [3.8, 4) is 0 Å². The first kappa shape index (κ1) is 17.0. The highest BCUT2D eigenvalue weighted by molar-refractivity contribution is 9.10. The maximum atomic E-state index is 11.8. The summed E-state index contributed by atoms with van der Waals surface area (Å²) in [6, 6.07) is 14.6. The van der Waals surface area contributed by atoms with Crippen molar-refractivity contribution in [1.82, 2.24) is 5.32 Å². The molecule has 6 heteroatoms. The predicted octanol–water partition coefficient (Wildman–Crippen LogP) is 3.77. The van der Waals surface area contributed by atoms with Crippen molar-refractivity contribution in [2.75, 3.05) is 17.2 Å². The fourth-order valence-corrected chi connectivity index (χ4v) is 2.51. The van der Waals surface area contributed by atoms with Crippen molar-refractivity contribution in [3.05, 3.63) is 58.6 Å². The molecule has 2 aromatic carbocycles. The number of halogens is 1. The molecule has 5 nitrogen and oxygen atoms in total. The Morgan fingerprint density at radius 1 is 0.957 bits per heavy atom. The fourth-order valence-electron chi connectivity index (χ4n) is 2.03. The number of amides is 3. The average molecular weight is 376 g/mol. The van der Waals surface area contributed by atoms with Crippen LogP contribution in [0.2, 0.25) is 0 Å². The van der Waals surface area contributed by atoms with Crippen molar-refractivity contribution in [2.24, 2.45) is 0 Å². The summed E-state index contributed by atoms with van der Waals surface area (Å²) in [5.41, 5.74) is 2.50. The third-order valence-corrected chi connectivity index (χ3v) is 3.87. The van der Waals surface area contributed by atoms with Gasteiger partial charge >= 0.3 is 6.03 Å². The van der Waals surface area contributed by atoms with E-state index in [1.807, 2.05) is 24.3 Å². The third-order valence-electron chi connectivity index (χ3n) is 3.10. The molecule has 0 spiro atoms. The minimum atomic E-state index is -0.260. The summed E-state index contributed by atoms with van der Waals surface area (Å²) in [7, 11) is 0. The SMILES string of the molecule is CC(=O)Nc1ccc(NC(=O)NCCc2ccccc2Br)cc1. The van der Waals surface area contributed by atoms with Gasteiger partial charge in [0.15, 0.2) is 0 Å². The van der Waals surface area contributed by atoms with Gasteiger partial charge in [0.2, 0.25) is 5.91 Å². The quantitative estimate of drug-likeness (QED) is 0.744. The molecular formula is C17H18BrN3O2. The van der Waals surface area contributed by atoms with Crippen LogP contribution in [0.5, 0.6) is 0 Å². The molecule has 0 heterocycles. The fraction of sp³-hybridized carbons (Fsp3) is 0.176. The summed E-state index contributed by atoms with van der Waals surface area (Å²) in [5.74, 6) is -0.129. The molecule has 0 aliphatic rings. The molecule has 23 heavy (non-hydrogen) atoms. The summed E-state index contributed by atoms with van der Waals surface area (Å²) in [6.07, 6.45) is 0.746. The van der Waals surface area contributed by atoms with Crippen LogP contribution in [-0.4, -0.2) is 18.5 Å². The molecule has 3 amide bonds. The van der Waals surface area contributed by atoms with Crippen LogP contribution in [0.1, 0.15) is 12.5 Å². The van der Waals surface area contributed by atoms with Gasteiger partial charge in [0.25, 0.3) is 0 Å². The number of carbonyl (C=O) groups is 2. The Labute approximate surface area is 143 Å². The van der Waals surface area contributed by atoms with Crippen LogP contribution in [0.4, 0.5) is 16.2 Å². The van der Waals surface area contributed by atoms with E-state index in [-0.39, 0.29) is 11.9 Å². The molecule has 120 valence electrons. The zero-order valence-electron chi connectivity index (χ0n) is 12.7. The number of carbonyl (C=O) groups excluding carboxylic acids is 2. The van der Waals surface area contributed by atoms with Crippen LogP contribution in [-0.2, 0) is 11.2 Å². The van der Waals surface area contributed by atoms with E-state index in [1.54, 1.807) is 24.3 Å². The Balaban J connectivity index is 1.78. The van der Waals surface area contributed by atoms with Crippen LogP contribution in [0.25, 0.3) is 0 Å².